The van der Waals surface area contributed by atoms with E-state index in [1.54, 1.807) is 6.07 Å². The predicted molar refractivity (Wildman–Crippen MR) is 109 cm³/mol. The Balaban J connectivity index is 3.13. The molecule has 28 heavy (non-hydrogen) atoms. The molecule has 0 aromatic heterocycles. The van der Waals surface area contributed by atoms with Gasteiger partial charge in [0.2, 0.25) is 0 Å². The van der Waals surface area contributed by atoms with Gasteiger partial charge in [-0.25, -0.2) is 9.59 Å². The van der Waals surface area contributed by atoms with Crippen LogP contribution < -0.4 is 4.74 Å². The van der Waals surface area contributed by atoms with E-state index >= 15 is 0 Å². The minimum Gasteiger partial charge on any atom is -0.465 e. The van der Waals surface area contributed by atoms with Gasteiger partial charge in [-0.15, -0.1) is 0 Å². The van der Waals surface area contributed by atoms with Crippen LogP contribution >= 0.6 is 0 Å². The van der Waals surface area contributed by atoms with Crippen LogP contribution in [-0.4, -0.2) is 24.3 Å². The zero-order valence-corrected chi connectivity index (χ0v) is 17.5. The van der Waals surface area contributed by atoms with Crippen molar-refractivity contribution < 1.29 is 24.2 Å². The van der Waals surface area contributed by atoms with Gasteiger partial charge >= 0.3 is 12.1 Å². The first kappa shape index (κ1) is 21.5. The van der Waals surface area contributed by atoms with Gasteiger partial charge in [0.15, 0.2) is 0 Å². The molecule has 0 aliphatic carbocycles. The van der Waals surface area contributed by atoms with E-state index in [1.165, 1.54) is 7.11 Å². The zero-order valence-electron chi connectivity index (χ0n) is 17.5. The molecule has 0 aliphatic heterocycles. The van der Waals surface area contributed by atoms with Crippen LogP contribution in [0.2, 0.25) is 0 Å². The fourth-order valence-electron chi connectivity index (χ4n) is 3.40. The van der Waals surface area contributed by atoms with Crippen LogP contribution in [0.15, 0.2) is 36.4 Å². The molecule has 2 aromatic rings. The summed E-state index contributed by atoms with van der Waals surface area (Å²) in [7, 11) is 1.27. The van der Waals surface area contributed by atoms with Crippen molar-refractivity contribution in [1.82, 2.24) is 0 Å². The lowest BCUT2D eigenvalue weighted by atomic mass is 9.71. The van der Waals surface area contributed by atoms with E-state index in [-0.39, 0.29) is 22.1 Å². The molecule has 0 unspecified atom stereocenters. The van der Waals surface area contributed by atoms with Crippen molar-refractivity contribution in [3.05, 3.63) is 53.1 Å². The van der Waals surface area contributed by atoms with Gasteiger partial charge in [-0.3, -0.25) is 0 Å². The molecule has 5 nitrogen and oxygen atoms in total. The molecule has 0 saturated heterocycles. The van der Waals surface area contributed by atoms with E-state index in [1.807, 2.05) is 30.3 Å². The quantitative estimate of drug-likeness (QED) is 0.535. The lowest BCUT2D eigenvalue weighted by Crippen LogP contribution is -2.25. The van der Waals surface area contributed by atoms with E-state index in [0.29, 0.717) is 5.56 Å². The highest BCUT2D eigenvalue weighted by Gasteiger charge is 2.34. The highest BCUT2D eigenvalue weighted by molar-refractivity contribution is 6.02. The van der Waals surface area contributed by atoms with Gasteiger partial charge in [-0.05, 0) is 33.6 Å². The van der Waals surface area contributed by atoms with E-state index in [4.69, 9.17) is 9.47 Å². The van der Waals surface area contributed by atoms with Crippen LogP contribution in [0.3, 0.4) is 0 Å². The number of carboxylic acid groups (broad SMARTS) is 1. The van der Waals surface area contributed by atoms with E-state index in [9.17, 15) is 14.7 Å². The van der Waals surface area contributed by atoms with Crippen molar-refractivity contribution >= 4 is 12.1 Å². The highest BCUT2D eigenvalue weighted by Crippen LogP contribution is 2.46. The van der Waals surface area contributed by atoms with Crippen molar-refractivity contribution in [1.29, 1.82) is 0 Å². The molecule has 0 saturated carbocycles. The van der Waals surface area contributed by atoms with Crippen molar-refractivity contribution in [3.8, 4) is 16.9 Å². The van der Waals surface area contributed by atoms with Crippen molar-refractivity contribution in [2.75, 3.05) is 7.11 Å². The highest BCUT2D eigenvalue weighted by atomic mass is 16.7. The summed E-state index contributed by atoms with van der Waals surface area (Å²) in [6.45, 7) is 12.4. The molecule has 1 N–H and O–H groups in total. The third kappa shape index (κ3) is 4.35. The van der Waals surface area contributed by atoms with Gasteiger partial charge in [0.1, 0.15) is 11.3 Å². The number of methoxy groups -OCH3 is 1. The summed E-state index contributed by atoms with van der Waals surface area (Å²) in [6.07, 6.45) is -1.48. The summed E-state index contributed by atoms with van der Waals surface area (Å²) in [5.74, 6) is -0.655. The van der Waals surface area contributed by atoms with Crippen LogP contribution in [-0.2, 0) is 15.6 Å². The number of carbonyl (C=O) groups is 2. The number of carbonyl (C=O) groups excluding carboxylic acids is 1. The maximum Gasteiger partial charge on any atom is 0.511 e. The molecule has 0 bridgehead atoms. The van der Waals surface area contributed by atoms with Crippen LogP contribution in [0.5, 0.6) is 5.75 Å². The normalized spacial score (nSPS) is 11.8. The number of ether oxygens (including phenoxy) is 2. The van der Waals surface area contributed by atoms with E-state index in [2.05, 4.69) is 41.5 Å². The number of esters is 1. The van der Waals surface area contributed by atoms with E-state index < -0.39 is 12.1 Å². The van der Waals surface area contributed by atoms with Gasteiger partial charge < -0.3 is 14.6 Å². The van der Waals surface area contributed by atoms with Gasteiger partial charge in [-0.1, -0.05) is 71.9 Å². The van der Waals surface area contributed by atoms with Crippen LogP contribution in [0.25, 0.3) is 11.1 Å². The summed E-state index contributed by atoms with van der Waals surface area (Å²) in [4.78, 5) is 24.1. The standard InChI is InChI=1S/C23H28O5/c1-22(2,3)15-13-16(28-21(25)26)18(20(24)27-7)17(19(15)23(4,5)6)14-11-9-8-10-12-14/h8-13H,1-7H3,(H,25,26). The minimum atomic E-state index is -1.48. The Hall–Kier alpha value is -2.82. The third-order valence-electron chi connectivity index (χ3n) is 4.50. The Morgan fingerprint density at radius 3 is 1.93 bits per heavy atom. The average molecular weight is 384 g/mol. The first-order valence-corrected chi connectivity index (χ1v) is 9.14. The Morgan fingerprint density at radius 2 is 1.50 bits per heavy atom. The first-order chi connectivity index (χ1) is 12.9. The largest absolute Gasteiger partial charge is 0.511 e. The van der Waals surface area contributed by atoms with Crippen LogP contribution in [0.1, 0.15) is 63.0 Å². The number of benzene rings is 2. The summed E-state index contributed by atoms with van der Waals surface area (Å²) in [5, 5.41) is 9.26. The maximum absolute atomic E-state index is 12.8. The predicted octanol–water partition coefficient (Wildman–Crippen LogP) is 5.79. The summed E-state index contributed by atoms with van der Waals surface area (Å²) in [6, 6.07) is 11.1. The molecule has 0 aliphatic rings. The Morgan fingerprint density at radius 1 is 0.929 bits per heavy atom. The van der Waals surface area contributed by atoms with E-state index in [0.717, 1.165) is 16.7 Å². The fourth-order valence-corrected chi connectivity index (χ4v) is 3.40. The molecule has 2 aromatic carbocycles. The second-order valence-corrected chi connectivity index (χ2v) is 8.77. The van der Waals surface area contributed by atoms with Crippen molar-refractivity contribution in [2.24, 2.45) is 0 Å². The minimum absolute atomic E-state index is 0.0175. The lowest BCUT2D eigenvalue weighted by molar-refractivity contribution is 0.0597. The van der Waals surface area contributed by atoms with Crippen molar-refractivity contribution in [2.45, 2.75) is 52.4 Å². The lowest BCUT2D eigenvalue weighted by Gasteiger charge is -2.34. The molecule has 0 radical (unpaired) electrons. The second-order valence-electron chi connectivity index (χ2n) is 8.77. The number of hydrogen-bond donors (Lipinski definition) is 1. The second kappa shape index (κ2) is 7.66. The summed E-state index contributed by atoms with van der Waals surface area (Å²) < 4.78 is 10.1. The zero-order chi connectivity index (χ0) is 21.3. The third-order valence-corrected chi connectivity index (χ3v) is 4.50. The SMILES string of the molecule is COC(=O)c1c(OC(=O)O)cc(C(C)(C)C)c(C(C)(C)C)c1-c1ccccc1. The van der Waals surface area contributed by atoms with Crippen molar-refractivity contribution in [3.63, 3.8) is 0 Å². The smallest absolute Gasteiger partial charge is 0.465 e. The van der Waals surface area contributed by atoms with Gasteiger partial charge in [0.25, 0.3) is 0 Å². The van der Waals surface area contributed by atoms with Crippen LogP contribution in [0, 0.1) is 0 Å². The molecule has 0 spiro atoms. The summed E-state index contributed by atoms with van der Waals surface area (Å²) in [5.41, 5.74) is 2.81. The Kier molecular flexibility index (Phi) is 5.88. The van der Waals surface area contributed by atoms with Gasteiger partial charge in [0, 0.05) is 5.56 Å². The monoisotopic (exact) mass is 384 g/mol. The molecular weight excluding hydrogens is 356 g/mol. The summed E-state index contributed by atoms with van der Waals surface area (Å²) >= 11 is 0. The topological polar surface area (TPSA) is 72.8 Å². The average Bonchev–Trinajstić information content (AvgIpc) is 2.58. The maximum atomic E-state index is 12.8. The fraction of sp³-hybridized carbons (Fsp3) is 0.391. The number of rotatable bonds is 3. The molecule has 0 heterocycles. The Bertz CT molecular complexity index is 884. The number of hydrogen-bond acceptors (Lipinski definition) is 4. The van der Waals surface area contributed by atoms with Crippen LogP contribution in [0.4, 0.5) is 4.79 Å². The van der Waals surface area contributed by atoms with Gasteiger partial charge in [0.05, 0.1) is 7.11 Å². The molecule has 5 heteroatoms. The molecule has 150 valence electrons. The molecule has 0 atom stereocenters. The van der Waals surface area contributed by atoms with Gasteiger partial charge in [-0.2, -0.15) is 0 Å². The Labute approximate surface area is 166 Å². The molecule has 0 amide bonds. The molecular formula is C23H28O5. The first-order valence-electron chi connectivity index (χ1n) is 9.14. The molecule has 0 fully saturated rings. The molecule has 2 rings (SSSR count).